The van der Waals surface area contributed by atoms with Crippen molar-refractivity contribution >= 4 is 5.91 Å². The van der Waals surface area contributed by atoms with Gasteiger partial charge in [-0.25, -0.2) is 0 Å². The van der Waals surface area contributed by atoms with Crippen molar-refractivity contribution in [2.45, 2.75) is 38.3 Å². The average Bonchev–Trinajstić information content (AvgIpc) is 2.62. The number of ether oxygens (including phenoxy) is 1. The van der Waals surface area contributed by atoms with E-state index in [1.165, 1.54) is 0 Å². The van der Waals surface area contributed by atoms with Gasteiger partial charge >= 0.3 is 0 Å². The van der Waals surface area contributed by atoms with Crippen LogP contribution in [0, 0.1) is 0 Å². The molecule has 0 radical (unpaired) electrons. The molecular formula is C21H27NO4. The molecule has 0 heterocycles. The Bertz CT molecular complexity index is 655. The third-order valence-electron chi connectivity index (χ3n) is 3.95. The molecule has 0 fully saturated rings. The molecule has 0 aliphatic heterocycles. The van der Waals surface area contributed by atoms with E-state index in [2.05, 4.69) is 5.32 Å². The Balaban J connectivity index is 1.86. The Labute approximate surface area is 154 Å². The lowest BCUT2D eigenvalue weighted by atomic mass is 10.1. The first-order chi connectivity index (χ1) is 12.5. The minimum absolute atomic E-state index is 0.0420. The van der Waals surface area contributed by atoms with E-state index in [1.807, 2.05) is 42.5 Å². The van der Waals surface area contributed by atoms with E-state index in [1.54, 1.807) is 19.1 Å². The zero-order valence-corrected chi connectivity index (χ0v) is 15.1. The molecule has 0 saturated heterocycles. The molecule has 2 unspecified atom stereocenters. The molecule has 0 aromatic heterocycles. The number of rotatable bonds is 10. The van der Waals surface area contributed by atoms with E-state index in [0.717, 1.165) is 11.1 Å². The van der Waals surface area contributed by atoms with Gasteiger partial charge in [-0.3, -0.25) is 4.79 Å². The monoisotopic (exact) mass is 357 g/mol. The van der Waals surface area contributed by atoms with E-state index >= 15 is 0 Å². The Kier molecular flexibility index (Phi) is 8.12. The number of aromatic hydroxyl groups is 1. The van der Waals surface area contributed by atoms with Crippen LogP contribution in [0.25, 0.3) is 0 Å². The number of phenolic OH excluding ortho intramolecular Hbond substituents is 1. The number of aliphatic hydroxyl groups excluding tert-OH is 1. The average molecular weight is 357 g/mol. The van der Waals surface area contributed by atoms with Gasteiger partial charge in [-0.15, -0.1) is 0 Å². The third kappa shape index (κ3) is 7.68. The van der Waals surface area contributed by atoms with E-state index in [4.69, 9.17) is 4.74 Å². The highest BCUT2D eigenvalue weighted by atomic mass is 16.5. The van der Waals surface area contributed by atoms with Gasteiger partial charge in [0.1, 0.15) is 5.75 Å². The van der Waals surface area contributed by atoms with Gasteiger partial charge in [0.05, 0.1) is 25.4 Å². The number of carbonyl (C=O) groups excluding carboxylic acids is 1. The molecule has 2 aromatic rings. The van der Waals surface area contributed by atoms with Crippen LogP contribution in [0.5, 0.6) is 5.75 Å². The number of hydrogen-bond donors (Lipinski definition) is 3. The summed E-state index contributed by atoms with van der Waals surface area (Å²) >= 11 is 0. The number of benzene rings is 2. The highest BCUT2D eigenvalue weighted by Gasteiger charge is 2.14. The van der Waals surface area contributed by atoms with Crippen molar-refractivity contribution in [3.05, 3.63) is 65.7 Å². The van der Waals surface area contributed by atoms with E-state index in [-0.39, 0.29) is 24.3 Å². The molecule has 5 nitrogen and oxygen atoms in total. The summed E-state index contributed by atoms with van der Waals surface area (Å²) in [6.45, 7) is 2.27. The molecular weight excluding hydrogens is 330 g/mol. The second kappa shape index (κ2) is 10.6. The molecule has 0 aliphatic rings. The number of amides is 1. The Morgan fingerprint density at radius 3 is 2.38 bits per heavy atom. The van der Waals surface area contributed by atoms with Crippen molar-refractivity contribution in [3.63, 3.8) is 0 Å². The first-order valence-corrected chi connectivity index (χ1v) is 8.90. The topological polar surface area (TPSA) is 78.8 Å². The lowest BCUT2D eigenvalue weighted by molar-refractivity contribution is -0.122. The van der Waals surface area contributed by atoms with Gasteiger partial charge in [0.2, 0.25) is 5.91 Å². The molecule has 1 amide bonds. The van der Waals surface area contributed by atoms with Crippen molar-refractivity contribution in [1.82, 2.24) is 5.32 Å². The zero-order valence-electron chi connectivity index (χ0n) is 15.1. The fourth-order valence-electron chi connectivity index (χ4n) is 2.65. The van der Waals surface area contributed by atoms with Crippen molar-refractivity contribution in [3.8, 4) is 5.75 Å². The first-order valence-electron chi connectivity index (χ1n) is 8.90. The third-order valence-corrected chi connectivity index (χ3v) is 3.95. The fraction of sp³-hybridized carbons (Fsp3) is 0.381. The number of nitrogens with one attached hydrogen (secondary N) is 1. The maximum atomic E-state index is 12.3. The molecule has 2 aromatic carbocycles. The molecule has 26 heavy (non-hydrogen) atoms. The van der Waals surface area contributed by atoms with Gasteiger partial charge in [-0.05, 0) is 43.0 Å². The summed E-state index contributed by atoms with van der Waals surface area (Å²) in [5.41, 5.74) is 2.12. The predicted octanol–water partition coefficient (Wildman–Crippen LogP) is 2.45. The molecule has 2 rings (SSSR count). The van der Waals surface area contributed by atoms with Crippen LogP contribution in [0.15, 0.2) is 54.6 Å². The summed E-state index contributed by atoms with van der Waals surface area (Å²) in [4.78, 5) is 12.3. The summed E-state index contributed by atoms with van der Waals surface area (Å²) in [7, 11) is 0. The summed E-state index contributed by atoms with van der Waals surface area (Å²) in [6.07, 6.45) is 1.12. The molecule has 2 atom stereocenters. The number of hydrogen-bond acceptors (Lipinski definition) is 4. The Morgan fingerprint density at radius 1 is 1.04 bits per heavy atom. The highest BCUT2D eigenvalue weighted by Crippen LogP contribution is 2.11. The van der Waals surface area contributed by atoms with Crippen LogP contribution in [0.3, 0.4) is 0 Å². The van der Waals surface area contributed by atoms with Gasteiger partial charge < -0.3 is 20.3 Å². The molecule has 3 N–H and O–H groups in total. The maximum absolute atomic E-state index is 12.3. The zero-order chi connectivity index (χ0) is 18.8. The van der Waals surface area contributed by atoms with Gasteiger partial charge in [0.15, 0.2) is 0 Å². The molecule has 0 spiro atoms. The van der Waals surface area contributed by atoms with Gasteiger partial charge in [-0.1, -0.05) is 42.5 Å². The van der Waals surface area contributed by atoms with E-state index < -0.39 is 6.10 Å². The minimum atomic E-state index is -0.530. The van der Waals surface area contributed by atoms with E-state index in [9.17, 15) is 15.0 Å². The SMILES string of the molecule is CC(O)COCC(Cc1ccccc1)NC(=O)CCc1ccc(O)cc1. The predicted molar refractivity (Wildman–Crippen MR) is 101 cm³/mol. The molecule has 0 bridgehead atoms. The van der Waals surface area contributed by atoms with Crippen LogP contribution in [0.2, 0.25) is 0 Å². The van der Waals surface area contributed by atoms with Crippen LogP contribution < -0.4 is 5.32 Å². The van der Waals surface area contributed by atoms with Gasteiger partial charge in [0.25, 0.3) is 0 Å². The van der Waals surface area contributed by atoms with Crippen LogP contribution in [0.4, 0.5) is 0 Å². The van der Waals surface area contributed by atoms with Gasteiger partial charge in [-0.2, -0.15) is 0 Å². The molecule has 0 aliphatic carbocycles. The lowest BCUT2D eigenvalue weighted by Gasteiger charge is -2.20. The quantitative estimate of drug-likeness (QED) is 0.610. The minimum Gasteiger partial charge on any atom is -0.508 e. The fourth-order valence-corrected chi connectivity index (χ4v) is 2.65. The van der Waals surface area contributed by atoms with E-state index in [0.29, 0.717) is 25.9 Å². The van der Waals surface area contributed by atoms with Crippen molar-refractivity contribution < 1.29 is 19.7 Å². The standard InChI is InChI=1S/C21H27NO4/c1-16(23)14-26-15-19(13-18-5-3-2-4-6-18)22-21(25)12-9-17-7-10-20(24)11-8-17/h2-8,10-11,16,19,23-24H,9,12-15H2,1H3,(H,22,25). The van der Waals surface area contributed by atoms with Crippen molar-refractivity contribution in [2.24, 2.45) is 0 Å². The van der Waals surface area contributed by atoms with Crippen LogP contribution >= 0.6 is 0 Å². The maximum Gasteiger partial charge on any atom is 0.220 e. The molecule has 140 valence electrons. The summed E-state index contributed by atoms with van der Waals surface area (Å²) in [5.74, 6) is 0.177. The van der Waals surface area contributed by atoms with Crippen LogP contribution in [-0.2, 0) is 22.4 Å². The molecule has 5 heteroatoms. The second-order valence-corrected chi connectivity index (χ2v) is 6.51. The second-order valence-electron chi connectivity index (χ2n) is 6.51. The highest BCUT2D eigenvalue weighted by molar-refractivity contribution is 5.76. The summed E-state index contributed by atoms with van der Waals surface area (Å²) < 4.78 is 5.51. The van der Waals surface area contributed by atoms with Crippen LogP contribution in [-0.4, -0.2) is 41.5 Å². The number of aryl methyl sites for hydroxylation is 1. The van der Waals surface area contributed by atoms with Gasteiger partial charge in [0, 0.05) is 6.42 Å². The van der Waals surface area contributed by atoms with Crippen molar-refractivity contribution in [1.29, 1.82) is 0 Å². The number of carbonyl (C=O) groups is 1. The summed E-state index contributed by atoms with van der Waals surface area (Å²) in [5, 5.41) is 21.7. The number of aliphatic hydroxyl groups is 1. The number of phenols is 1. The van der Waals surface area contributed by atoms with Crippen LogP contribution in [0.1, 0.15) is 24.5 Å². The summed E-state index contributed by atoms with van der Waals surface area (Å²) in [6, 6.07) is 16.7. The van der Waals surface area contributed by atoms with Crippen molar-refractivity contribution in [2.75, 3.05) is 13.2 Å². The Morgan fingerprint density at radius 2 is 1.73 bits per heavy atom. The first kappa shape index (κ1) is 19.9. The largest absolute Gasteiger partial charge is 0.508 e. The molecule has 0 saturated carbocycles. The normalized spacial score (nSPS) is 13.2. The smallest absolute Gasteiger partial charge is 0.220 e. The lowest BCUT2D eigenvalue weighted by Crippen LogP contribution is -2.40. The Hall–Kier alpha value is -2.37.